The number of nitrogen functional groups attached to an aromatic ring is 1. The van der Waals surface area contributed by atoms with Crippen molar-refractivity contribution in [3.63, 3.8) is 0 Å². The Labute approximate surface area is 231 Å². The highest BCUT2D eigenvalue weighted by Gasteiger charge is 2.31. The second-order valence-corrected chi connectivity index (χ2v) is 11.2. The molecule has 2 aliphatic rings. The van der Waals surface area contributed by atoms with Crippen LogP contribution in [0.5, 0.6) is 17.2 Å². The molecule has 6 rings (SSSR count). The Balaban J connectivity index is 1.41. The average Bonchev–Trinajstić information content (AvgIpc) is 3.61. The Bertz CT molecular complexity index is 1700. The molecule has 1 fully saturated rings. The standard InChI is InChI=1S/C27H29N7O5S/c1-3-12-33-13-4-5-17(14-33)34-27-22(26(28)29-15-30-27)23(31-34)20-10-11-21(25-24(20)38-16-39-25)32-40(35,36)19-8-6-18(37-2)7-9-19/h3,6-12,15,17,32H,4-5,13-14,16H2,1-2H3,(H2,28,29,30)/t17-/m1/s1. The highest BCUT2D eigenvalue weighted by molar-refractivity contribution is 7.92. The molecule has 40 heavy (non-hydrogen) atoms. The van der Waals surface area contributed by atoms with Crippen molar-refractivity contribution in [3.8, 4) is 28.5 Å². The fraction of sp³-hybridized carbons (Fsp3) is 0.296. The fourth-order valence-corrected chi connectivity index (χ4v) is 6.25. The number of benzene rings is 2. The van der Waals surface area contributed by atoms with Crippen LogP contribution in [0, 0.1) is 0 Å². The largest absolute Gasteiger partial charge is 0.497 e. The van der Waals surface area contributed by atoms with Gasteiger partial charge < -0.3 is 24.8 Å². The van der Waals surface area contributed by atoms with Crippen LogP contribution in [0.25, 0.3) is 22.3 Å². The lowest BCUT2D eigenvalue weighted by Gasteiger charge is -2.32. The Morgan fingerprint density at radius 3 is 2.70 bits per heavy atom. The van der Waals surface area contributed by atoms with Crippen LogP contribution in [0.1, 0.15) is 25.8 Å². The molecular weight excluding hydrogens is 534 g/mol. The van der Waals surface area contributed by atoms with E-state index in [1.807, 2.05) is 17.7 Å². The maximum absolute atomic E-state index is 13.1. The Morgan fingerprint density at radius 2 is 1.93 bits per heavy atom. The van der Waals surface area contributed by atoms with Crippen LogP contribution < -0.4 is 24.7 Å². The van der Waals surface area contributed by atoms with Crippen molar-refractivity contribution in [1.29, 1.82) is 0 Å². The third kappa shape index (κ3) is 4.51. The maximum atomic E-state index is 13.1. The molecule has 12 nitrogen and oxygen atoms in total. The number of methoxy groups -OCH3 is 1. The molecule has 2 aromatic carbocycles. The third-order valence-electron chi connectivity index (χ3n) is 7.04. The molecule has 1 saturated heterocycles. The number of fused-ring (bicyclic) bond motifs is 2. The summed E-state index contributed by atoms with van der Waals surface area (Å²) in [5, 5.41) is 5.59. The van der Waals surface area contributed by atoms with Gasteiger partial charge in [-0.05, 0) is 62.4 Å². The van der Waals surface area contributed by atoms with Gasteiger partial charge in [0.15, 0.2) is 17.1 Å². The summed E-state index contributed by atoms with van der Waals surface area (Å²) in [7, 11) is -2.39. The minimum absolute atomic E-state index is 0.0742. The number of aromatic nitrogens is 4. The Morgan fingerprint density at radius 1 is 1.12 bits per heavy atom. The zero-order chi connectivity index (χ0) is 27.9. The van der Waals surface area contributed by atoms with E-state index < -0.39 is 10.0 Å². The first-order valence-electron chi connectivity index (χ1n) is 12.8. The number of nitrogens with one attached hydrogen (secondary N) is 1. The van der Waals surface area contributed by atoms with Gasteiger partial charge in [-0.15, -0.1) is 0 Å². The van der Waals surface area contributed by atoms with E-state index >= 15 is 0 Å². The number of rotatable bonds is 7. The number of ether oxygens (including phenoxy) is 3. The molecule has 3 N–H and O–H groups in total. The molecule has 2 aromatic heterocycles. The van der Waals surface area contributed by atoms with Crippen LogP contribution in [0.15, 0.2) is 59.9 Å². The van der Waals surface area contributed by atoms with Crippen molar-refractivity contribution in [2.75, 3.05) is 37.4 Å². The van der Waals surface area contributed by atoms with E-state index in [1.165, 1.54) is 25.6 Å². The molecule has 13 heteroatoms. The molecule has 0 bridgehead atoms. The quantitative estimate of drug-likeness (QED) is 0.340. The van der Waals surface area contributed by atoms with E-state index in [-0.39, 0.29) is 29.2 Å². The minimum atomic E-state index is -3.91. The second kappa shape index (κ2) is 10.2. The van der Waals surface area contributed by atoms with Crippen LogP contribution >= 0.6 is 0 Å². The molecule has 4 aromatic rings. The Hall–Kier alpha value is -4.52. The average molecular weight is 564 g/mol. The number of allylic oxidation sites excluding steroid dienone is 1. The topological polar surface area (TPSA) is 147 Å². The van der Waals surface area contributed by atoms with Crippen molar-refractivity contribution in [2.24, 2.45) is 0 Å². The lowest BCUT2D eigenvalue weighted by molar-refractivity contribution is 0.174. The lowest BCUT2D eigenvalue weighted by atomic mass is 10.1. The molecule has 2 aliphatic heterocycles. The van der Waals surface area contributed by atoms with Crippen LogP contribution in [-0.2, 0) is 10.0 Å². The van der Waals surface area contributed by atoms with E-state index in [9.17, 15) is 8.42 Å². The van der Waals surface area contributed by atoms with Crippen LogP contribution in [0.4, 0.5) is 11.5 Å². The van der Waals surface area contributed by atoms with Gasteiger partial charge in [0.2, 0.25) is 6.79 Å². The first-order chi connectivity index (χ1) is 19.4. The van der Waals surface area contributed by atoms with E-state index in [4.69, 9.17) is 25.0 Å². The fourth-order valence-electron chi connectivity index (χ4n) is 5.19. The molecule has 0 unspecified atom stereocenters. The molecule has 0 radical (unpaired) electrons. The number of piperidine rings is 1. The van der Waals surface area contributed by atoms with Gasteiger partial charge in [0.05, 0.1) is 29.1 Å². The summed E-state index contributed by atoms with van der Waals surface area (Å²) in [6, 6.07) is 9.55. The summed E-state index contributed by atoms with van der Waals surface area (Å²) < 4.78 is 47.5. The highest BCUT2D eigenvalue weighted by atomic mass is 32.2. The van der Waals surface area contributed by atoms with Crippen molar-refractivity contribution >= 4 is 32.6 Å². The molecule has 0 saturated carbocycles. The summed E-state index contributed by atoms with van der Waals surface area (Å²) in [6.07, 6.45) is 7.51. The summed E-state index contributed by atoms with van der Waals surface area (Å²) >= 11 is 0. The Kier molecular flexibility index (Phi) is 6.58. The predicted molar refractivity (Wildman–Crippen MR) is 150 cm³/mol. The number of nitrogens with two attached hydrogens (primary N) is 1. The molecule has 208 valence electrons. The van der Waals surface area contributed by atoms with Crippen LogP contribution in [0.3, 0.4) is 0 Å². The lowest BCUT2D eigenvalue weighted by Crippen LogP contribution is -2.33. The van der Waals surface area contributed by atoms with E-state index in [2.05, 4.69) is 25.8 Å². The van der Waals surface area contributed by atoms with Gasteiger partial charge in [-0.3, -0.25) is 4.72 Å². The van der Waals surface area contributed by atoms with Crippen molar-refractivity contribution < 1.29 is 22.6 Å². The van der Waals surface area contributed by atoms with E-state index in [0.717, 1.165) is 25.9 Å². The highest BCUT2D eigenvalue weighted by Crippen LogP contribution is 2.48. The molecule has 1 atom stereocenters. The first-order valence-corrected chi connectivity index (χ1v) is 14.3. The van der Waals surface area contributed by atoms with Gasteiger partial charge in [-0.2, -0.15) is 5.10 Å². The van der Waals surface area contributed by atoms with Crippen molar-refractivity contribution in [3.05, 3.63) is 55.0 Å². The SMILES string of the molecule is CC=CN1CCC[C@@H](n2nc(-c3ccc(NS(=O)(=O)c4ccc(OC)cc4)c4c3OCO4)c3c(N)ncnc32)C1. The van der Waals surface area contributed by atoms with Gasteiger partial charge in [-0.1, -0.05) is 6.08 Å². The van der Waals surface area contributed by atoms with Gasteiger partial charge in [0, 0.05) is 18.7 Å². The molecule has 0 spiro atoms. The van der Waals surface area contributed by atoms with Crippen molar-refractivity contribution in [2.45, 2.75) is 30.7 Å². The number of nitrogens with zero attached hydrogens (tertiary/aromatic N) is 5. The summed E-state index contributed by atoms with van der Waals surface area (Å²) in [5.74, 6) is 1.48. The maximum Gasteiger partial charge on any atom is 0.262 e. The van der Waals surface area contributed by atoms with Gasteiger partial charge >= 0.3 is 0 Å². The number of sulfonamides is 1. The number of hydrogen-bond donors (Lipinski definition) is 2. The molecule has 0 amide bonds. The predicted octanol–water partition coefficient (Wildman–Crippen LogP) is 3.78. The van der Waals surface area contributed by atoms with E-state index in [1.54, 1.807) is 24.3 Å². The van der Waals surface area contributed by atoms with E-state index in [0.29, 0.717) is 39.6 Å². The van der Waals surface area contributed by atoms with Gasteiger partial charge in [0.25, 0.3) is 10.0 Å². The van der Waals surface area contributed by atoms with Crippen LogP contribution in [0.2, 0.25) is 0 Å². The van der Waals surface area contributed by atoms with Gasteiger partial charge in [0.1, 0.15) is 23.6 Å². The molecule has 4 heterocycles. The zero-order valence-corrected chi connectivity index (χ0v) is 22.9. The smallest absolute Gasteiger partial charge is 0.262 e. The normalized spacial score (nSPS) is 17.1. The number of hydrogen-bond acceptors (Lipinski definition) is 10. The minimum Gasteiger partial charge on any atom is -0.497 e. The molecular formula is C27H29N7O5S. The zero-order valence-electron chi connectivity index (χ0n) is 22.1. The van der Waals surface area contributed by atoms with Crippen LogP contribution in [-0.4, -0.2) is 60.1 Å². The monoisotopic (exact) mass is 563 g/mol. The van der Waals surface area contributed by atoms with Gasteiger partial charge in [-0.25, -0.2) is 23.1 Å². The second-order valence-electron chi connectivity index (χ2n) is 9.53. The number of likely N-dealkylation sites (tertiary alicyclic amines) is 1. The summed E-state index contributed by atoms with van der Waals surface area (Å²) in [4.78, 5) is 11.1. The summed E-state index contributed by atoms with van der Waals surface area (Å²) in [6.45, 7) is 3.70. The first kappa shape index (κ1) is 25.7. The summed E-state index contributed by atoms with van der Waals surface area (Å²) in [5.41, 5.74) is 8.38. The van der Waals surface area contributed by atoms with Crippen molar-refractivity contribution in [1.82, 2.24) is 24.6 Å². The number of anilines is 2. The third-order valence-corrected chi connectivity index (χ3v) is 8.42. The molecule has 0 aliphatic carbocycles.